The number of alkyl halides is 3. The number of piperidine rings is 1. The van der Waals surface area contributed by atoms with Crippen molar-refractivity contribution in [2.45, 2.75) is 31.5 Å². The Morgan fingerprint density at radius 2 is 1.71 bits per heavy atom. The molecule has 2 aromatic heterocycles. The fourth-order valence-corrected chi connectivity index (χ4v) is 3.42. The molecule has 0 radical (unpaired) electrons. The molecule has 0 saturated carbocycles. The lowest BCUT2D eigenvalue weighted by molar-refractivity contribution is -0.137. The first kappa shape index (κ1) is 18.7. The van der Waals surface area contributed by atoms with Crippen molar-refractivity contribution in [2.24, 2.45) is 5.73 Å². The average Bonchev–Trinajstić information content (AvgIpc) is 2.60. The van der Waals surface area contributed by atoms with Crippen molar-refractivity contribution in [1.82, 2.24) is 15.0 Å². The van der Waals surface area contributed by atoms with E-state index < -0.39 is 11.7 Å². The third-order valence-corrected chi connectivity index (χ3v) is 5.21. The lowest BCUT2D eigenvalue weighted by Gasteiger charge is -2.34. The van der Waals surface area contributed by atoms with Crippen molar-refractivity contribution in [1.29, 1.82) is 0 Å². The second-order valence-electron chi connectivity index (χ2n) is 7.23. The predicted molar refractivity (Wildman–Crippen MR) is 101 cm³/mol. The fraction of sp³-hybridized carbons (Fsp3) is 0.500. The molecule has 28 heavy (non-hydrogen) atoms. The summed E-state index contributed by atoms with van der Waals surface area (Å²) in [4.78, 5) is 17.0. The Labute approximate surface area is 160 Å². The maximum atomic E-state index is 13.6. The van der Waals surface area contributed by atoms with E-state index >= 15 is 0 Å². The highest BCUT2D eigenvalue weighted by Gasteiger charge is 2.35. The smallest absolute Gasteiger partial charge is 0.384 e. The van der Waals surface area contributed by atoms with Crippen molar-refractivity contribution >= 4 is 17.6 Å². The molecule has 2 aliphatic rings. The molecule has 10 heteroatoms. The first-order chi connectivity index (χ1) is 13.3. The number of nitrogens with zero attached hydrogens (tertiary/aromatic N) is 5. The molecule has 4 N–H and O–H groups in total. The summed E-state index contributed by atoms with van der Waals surface area (Å²) in [6.45, 7) is 3.01. The highest BCUT2D eigenvalue weighted by molar-refractivity contribution is 5.69. The van der Waals surface area contributed by atoms with Crippen LogP contribution in [0.3, 0.4) is 0 Å². The van der Waals surface area contributed by atoms with Gasteiger partial charge in [-0.3, -0.25) is 0 Å². The van der Waals surface area contributed by atoms with Gasteiger partial charge in [-0.05, 0) is 25.3 Å². The van der Waals surface area contributed by atoms with Crippen LogP contribution in [0, 0.1) is 0 Å². The second-order valence-corrected chi connectivity index (χ2v) is 7.23. The molecule has 0 aromatic carbocycles. The van der Waals surface area contributed by atoms with Gasteiger partial charge in [0.05, 0.1) is 11.3 Å². The van der Waals surface area contributed by atoms with Crippen molar-refractivity contribution in [3.63, 3.8) is 0 Å². The Balaban J connectivity index is 1.80. The van der Waals surface area contributed by atoms with Gasteiger partial charge >= 0.3 is 6.18 Å². The van der Waals surface area contributed by atoms with Gasteiger partial charge in [0.2, 0.25) is 5.95 Å². The van der Waals surface area contributed by atoms with Gasteiger partial charge in [0.15, 0.2) is 0 Å². The Hall–Kier alpha value is -2.62. The number of hydrogen-bond donors (Lipinski definition) is 2. The second kappa shape index (κ2) is 7.08. The van der Waals surface area contributed by atoms with Gasteiger partial charge in [0.1, 0.15) is 11.6 Å². The summed E-state index contributed by atoms with van der Waals surface area (Å²) in [5.74, 6) is 0.876. The SMILES string of the molecule is Nc1cc(C(F)(F)F)c(-c2cc(N3CCC3)nc(N3CCC(N)CC3)n2)cn1. The van der Waals surface area contributed by atoms with E-state index in [1.54, 1.807) is 6.07 Å². The van der Waals surface area contributed by atoms with Crippen LogP contribution in [0.5, 0.6) is 0 Å². The number of halogens is 3. The zero-order chi connectivity index (χ0) is 19.9. The van der Waals surface area contributed by atoms with Crippen molar-refractivity contribution in [3.05, 3.63) is 23.9 Å². The molecule has 0 unspecified atom stereocenters. The van der Waals surface area contributed by atoms with Gasteiger partial charge in [0.25, 0.3) is 0 Å². The van der Waals surface area contributed by atoms with Crippen LogP contribution in [-0.2, 0) is 6.18 Å². The Morgan fingerprint density at radius 1 is 1.00 bits per heavy atom. The zero-order valence-electron chi connectivity index (χ0n) is 15.3. The molecule has 0 bridgehead atoms. The molecule has 0 spiro atoms. The van der Waals surface area contributed by atoms with Crippen LogP contribution >= 0.6 is 0 Å². The van der Waals surface area contributed by atoms with Gasteiger partial charge in [0, 0.05) is 50.0 Å². The van der Waals surface area contributed by atoms with E-state index in [2.05, 4.69) is 15.0 Å². The molecule has 0 atom stereocenters. The topological polar surface area (TPSA) is 97.2 Å². The summed E-state index contributed by atoms with van der Waals surface area (Å²) in [5, 5.41) is 0. The van der Waals surface area contributed by atoms with Gasteiger partial charge < -0.3 is 21.3 Å². The van der Waals surface area contributed by atoms with Crippen LogP contribution in [0.4, 0.5) is 30.8 Å². The molecule has 4 heterocycles. The largest absolute Gasteiger partial charge is 0.417 e. The fourth-order valence-electron chi connectivity index (χ4n) is 3.42. The quantitative estimate of drug-likeness (QED) is 0.826. The van der Waals surface area contributed by atoms with E-state index in [9.17, 15) is 13.2 Å². The van der Waals surface area contributed by atoms with Crippen LogP contribution in [0.25, 0.3) is 11.3 Å². The summed E-state index contributed by atoms with van der Waals surface area (Å²) in [5.41, 5.74) is 10.7. The van der Waals surface area contributed by atoms with Crippen LogP contribution in [0.2, 0.25) is 0 Å². The first-order valence-electron chi connectivity index (χ1n) is 9.29. The molecule has 150 valence electrons. The van der Waals surface area contributed by atoms with Gasteiger partial charge in [-0.25, -0.2) is 9.97 Å². The summed E-state index contributed by atoms with van der Waals surface area (Å²) in [7, 11) is 0. The molecule has 0 aliphatic carbocycles. The average molecular weight is 393 g/mol. The number of rotatable bonds is 3. The number of anilines is 3. The minimum Gasteiger partial charge on any atom is -0.384 e. The van der Waals surface area contributed by atoms with E-state index in [0.29, 0.717) is 24.9 Å². The van der Waals surface area contributed by atoms with Crippen LogP contribution < -0.4 is 21.3 Å². The monoisotopic (exact) mass is 393 g/mol. The molecule has 2 aliphatic heterocycles. The third kappa shape index (κ3) is 3.68. The minimum atomic E-state index is -4.56. The van der Waals surface area contributed by atoms with E-state index in [0.717, 1.165) is 44.6 Å². The van der Waals surface area contributed by atoms with Crippen molar-refractivity contribution in [2.75, 3.05) is 41.7 Å². The maximum Gasteiger partial charge on any atom is 0.417 e. The summed E-state index contributed by atoms with van der Waals surface area (Å²) >= 11 is 0. The number of aromatic nitrogens is 3. The highest BCUT2D eigenvalue weighted by Crippen LogP contribution is 2.38. The lowest BCUT2D eigenvalue weighted by Crippen LogP contribution is -2.41. The molecule has 2 aromatic rings. The van der Waals surface area contributed by atoms with Gasteiger partial charge in [-0.2, -0.15) is 18.2 Å². The van der Waals surface area contributed by atoms with E-state index in [-0.39, 0.29) is 23.1 Å². The zero-order valence-corrected chi connectivity index (χ0v) is 15.3. The maximum absolute atomic E-state index is 13.6. The van der Waals surface area contributed by atoms with Crippen molar-refractivity contribution < 1.29 is 13.2 Å². The third-order valence-electron chi connectivity index (χ3n) is 5.21. The summed E-state index contributed by atoms with van der Waals surface area (Å²) in [6, 6.07) is 2.58. The molecule has 2 fully saturated rings. The van der Waals surface area contributed by atoms with Gasteiger partial charge in [-0.15, -0.1) is 0 Å². The van der Waals surface area contributed by atoms with Crippen LogP contribution in [0.15, 0.2) is 18.3 Å². The molecular formula is C18H22F3N7. The normalized spacial score (nSPS) is 18.3. The van der Waals surface area contributed by atoms with Crippen LogP contribution in [0.1, 0.15) is 24.8 Å². The highest BCUT2D eigenvalue weighted by atomic mass is 19.4. The number of nitrogens with two attached hydrogens (primary N) is 2. The van der Waals surface area contributed by atoms with Gasteiger partial charge in [-0.1, -0.05) is 0 Å². The number of nitrogen functional groups attached to an aromatic ring is 1. The summed E-state index contributed by atoms with van der Waals surface area (Å²) in [6.07, 6.45) is -0.805. The number of pyridine rings is 1. The minimum absolute atomic E-state index is 0.0964. The molecular weight excluding hydrogens is 371 g/mol. The molecule has 2 saturated heterocycles. The standard InChI is InChI=1S/C18H22F3N7/c19-18(20,21)13-8-15(23)24-10-12(13)14-9-16(27-4-1-5-27)26-17(25-14)28-6-2-11(22)3-7-28/h8-11H,1-7,22H2,(H2,23,24). The van der Waals surface area contributed by atoms with E-state index in [1.165, 1.54) is 0 Å². The van der Waals surface area contributed by atoms with E-state index in [1.807, 2.05) is 9.80 Å². The molecule has 7 nitrogen and oxygen atoms in total. The summed E-state index contributed by atoms with van der Waals surface area (Å²) < 4.78 is 40.8. The lowest BCUT2D eigenvalue weighted by atomic mass is 10.1. The van der Waals surface area contributed by atoms with Crippen molar-refractivity contribution in [3.8, 4) is 11.3 Å². The first-order valence-corrected chi connectivity index (χ1v) is 9.29. The van der Waals surface area contributed by atoms with Crippen LogP contribution in [-0.4, -0.2) is 47.2 Å². The Bertz CT molecular complexity index is 859. The molecule has 4 rings (SSSR count). The molecule has 0 amide bonds. The predicted octanol–water partition coefficient (Wildman–Crippen LogP) is 2.28. The Morgan fingerprint density at radius 3 is 2.32 bits per heavy atom. The Kier molecular flexibility index (Phi) is 4.74. The number of hydrogen-bond acceptors (Lipinski definition) is 7. The van der Waals surface area contributed by atoms with E-state index in [4.69, 9.17) is 11.5 Å².